The Hall–Kier alpha value is -1.76. The summed E-state index contributed by atoms with van der Waals surface area (Å²) in [6, 6.07) is 10.8. The molecule has 0 saturated carbocycles. The average Bonchev–Trinajstić information content (AvgIpc) is 2.35. The fraction of sp³-hybridized carbons (Fsp3) is 0.0769. The van der Waals surface area contributed by atoms with E-state index < -0.39 is 0 Å². The minimum atomic E-state index is 0.401. The van der Waals surface area contributed by atoms with Gasteiger partial charge in [-0.2, -0.15) is 5.26 Å². The Morgan fingerprint density at radius 3 is 2.56 bits per heavy atom. The highest BCUT2D eigenvalue weighted by Gasteiger charge is 1.99. The first kappa shape index (κ1) is 12.7. The van der Waals surface area contributed by atoms with E-state index in [0.29, 0.717) is 22.3 Å². The molecule has 2 rings (SSSR count). The normalized spacial score (nSPS) is 9.83. The molecule has 0 aliphatic carbocycles. The molecule has 1 N–H and O–H groups in total. The molecule has 90 valence electrons. The summed E-state index contributed by atoms with van der Waals surface area (Å²) in [5, 5.41) is 13.1. The van der Waals surface area contributed by atoms with Crippen molar-refractivity contribution in [3.05, 3.63) is 57.8 Å². The maximum Gasteiger partial charge on any atom is 0.140 e. The molecule has 0 bridgehead atoms. The van der Waals surface area contributed by atoms with Crippen LogP contribution in [0.4, 0.5) is 5.69 Å². The molecule has 0 atom stereocenters. The van der Waals surface area contributed by atoms with Crippen LogP contribution < -0.4 is 5.32 Å². The third-order valence-electron chi connectivity index (χ3n) is 2.30. The van der Waals surface area contributed by atoms with Crippen molar-refractivity contribution in [2.45, 2.75) is 6.54 Å². The molecule has 5 heteroatoms. The lowest BCUT2D eigenvalue weighted by molar-refractivity contribution is 1.12. The van der Waals surface area contributed by atoms with Gasteiger partial charge in [0.15, 0.2) is 0 Å². The van der Waals surface area contributed by atoms with E-state index in [0.717, 1.165) is 11.3 Å². The van der Waals surface area contributed by atoms with Crippen molar-refractivity contribution in [1.29, 1.82) is 5.26 Å². The van der Waals surface area contributed by atoms with Crippen LogP contribution in [-0.2, 0) is 6.54 Å². The van der Waals surface area contributed by atoms with Gasteiger partial charge in [-0.15, -0.1) is 0 Å². The van der Waals surface area contributed by atoms with Crippen LogP contribution in [0.25, 0.3) is 0 Å². The third kappa shape index (κ3) is 3.36. The van der Waals surface area contributed by atoms with Crippen molar-refractivity contribution in [2.24, 2.45) is 0 Å². The minimum absolute atomic E-state index is 0.401. The van der Waals surface area contributed by atoms with Gasteiger partial charge in [0, 0.05) is 28.5 Å². The van der Waals surface area contributed by atoms with Gasteiger partial charge in [-0.1, -0.05) is 23.2 Å². The smallest absolute Gasteiger partial charge is 0.140 e. The lowest BCUT2D eigenvalue weighted by atomic mass is 10.2. The summed E-state index contributed by atoms with van der Waals surface area (Å²) in [4.78, 5) is 3.91. The summed E-state index contributed by atoms with van der Waals surface area (Å²) in [6.45, 7) is 0.577. The molecule has 0 unspecified atom stereocenters. The third-order valence-corrected chi connectivity index (χ3v) is 2.73. The van der Waals surface area contributed by atoms with Crippen LogP contribution in [0.2, 0.25) is 10.0 Å². The van der Waals surface area contributed by atoms with E-state index >= 15 is 0 Å². The first-order chi connectivity index (χ1) is 8.67. The van der Waals surface area contributed by atoms with Crippen LogP contribution in [-0.4, -0.2) is 4.98 Å². The number of benzene rings is 1. The van der Waals surface area contributed by atoms with Crippen LogP contribution in [0.3, 0.4) is 0 Å². The molecule has 0 aliphatic rings. The molecule has 0 saturated heterocycles. The first-order valence-electron chi connectivity index (χ1n) is 5.22. The van der Waals surface area contributed by atoms with Gasteiger partial charge in [0.25, 0.3) is 0 Å². The van der Waals surface area contributed by atoms with Crippen LogP contribution in [0.5, 0.6) is 0 Å². The second-order valence-electron chi connectivity index (χ2n) is 3.67. The van der Waals surface area contributed by atoms with Crippen molar-refractivity contribution < 1.29 is 0 Å². The van der Waals surface area contributed by atoms with E-state index in [1.54, 1.807) is 30.5 Å². The van der Waals surface area contributed by atoms with Gasteiger partial charge >= 0.3 is 0 Å². The van der Waals surface area contributed by atoms with Crippen molar-refractivity contribution >= 4 is 28.9 Å². The van der Waals surface area contributed by atoms with Gasteiger partial charge < -0.3 is 5.32 Å². The van der Waals surface area contributed by atoms with Gasteiger partial charge in [-0.25, -0.2) is 4.98 Å². The predicted octanol–water partition coefficient (Wildman–Crippen LogP) is 3.87. The number of hydrogen-bond acceptors (Lipinski definition) is 3. The highest BCUT2D eigenvalue weighted by Crippen LogP contribution is 2.22. The van der Waals surface area contributed by atoms with Crippen molar-refractivity contribution in [3.63, 3.8) is 0 Å². The Labute approximate surface area is 115 Å². The molecule has 0 spiro atoms. The Morgan fingerprint density at radius 2 is 1.89 bits per heavy atom. The lowest BCUT2D eigenvalue weighted by Crippen LogP contribution is -2.00. The Kier molecular flexibility index (Phi) is 4.03. The van der Waals surface area contributed by atoms with Gasteiger partial charge in [-0.05, 0) is 35.9 Å². The number of rotatable bonds is 3. The highest BCUT2D eigenvalue weighted by atomic mass is 35.5. The van der Waals surface area contributed by atoms with Crippen molar-refractivity contribution in [1.82, 2.24) is 4.98 Å². The van der Waals surface area contributed by atoms with Gasteiger partial charge in [0.05, 0.1) is 0 Å². The summed E-state index contributed by atoms with van der Waals surface area (Å²) < 4.78 is 0. The molecule has 0 aliphatic heterocycles. The lowest BCUT2D eigenvalue weighted by Gasteiger charge is -2.07. The number of nitrogens with one attached hydrogen (secondary N) is 1. The largest absolute Gasteiger partial charge is 0.381 e. The summed E-state index contributed by atoms with van der Waals surface area (Å²) in [5.41, 5.74) is 2.21. The molecule has 1 heterocycles. The maximum absolute atomic E-state index is 8.75. The highest BCUT2D eigenvalue weighted by molar-refractivity contribution is 6.35. The summed E-state index contributed by atoms with van der Waals surface area (Å²) >= 11 is 11.8. The molecule has 0 radical (unpaired) electrons. The Morgan fingerprint density at radius 1 is 1.17 bits per heavy atom. The molecule has 0 fully saturated rings. The average molecular weight is 278 g/mol. The number of hydrogen-bond donors (Lipinski definition) is 1. The van der Waals surface area contributed by atoms with Crippen LogP contribution >= 0.6 is 23.2 Å². The Balaban J connectivity index is 2.09. The molecule has 2 aromatic rings. The molecular weight excluding hydrogens is 269 g/mol. The van der Waals surface area contributed by atoms with E-state index in [9.17, 15) is 0 Å². The van der Waals surface area contributed by atoms with Gasteiger partial charge in [0.2, 0.25) is 0 Å². The van der Waals surface area contributed by atoms with Gasteiger partial charge in [-0.3, -0.25) is 0 Å². The first-order valence-corrected chi connectivity index (χ1v) is 5.98. The second-order valence-corrected chi connectivity index (χ2v) is 4.55. The van der Waals surface area contributed by atoms with E-state index in [1.807, 2.05) is 12.1 Å². The fourth-order valence-corrected chi connectivity index (χ4v) is 2.03. The topological polar surface area (TPSA) is 48.7 Å². The van der Waals surface area contributed by atoms with E-state index in [-0.39, 0.29) is 0 Å². The van der Waals surface area contributed by atoms with Gasteiger partial charge in [0.1, 0.15) is 11.8 Å². The molecule has 1 aromatic carbocycles. The molecule has 18 heavy (non-hydrogen) atoms. The number of anilines is 1. The van der Waals surface area contributed by atoms with Crippen LogP contribution in [0.15, 0.2) is 36.5 Å². The van der Waals surface area contributed by atoms with Crippen molar-refractivity contribution in [3.8, 4) is 6.07 Å². The zero-order chi connectivity index (χ0) is 13.0. The number of aromatic nitrogens is 1. The van der Waals surface area contributed by atoms with Crippen LogP contribution in [0, 0.1) is 11.3 Å². The summed E-state index contributed by atoms with van der Waals surface area (Å²) in [7, 11) is 0. The quantitative estimate of drug-likeness (QED) is 0.927. The van der Waals surface area contributed by atoms with E-state index in [4.69, 9.17) is 28.5 Å². The number of nitrogens with zero attached hydrogens (tertiary/aromatic N) is 2. The molecule has 0 amide bonds. The predicted molar refractivity (Wildman–Crippen MR) is 72.7 cm³/mol. The van der Waals surface area contributed by atoms with Crippen LogP contribution in [0.1, 0.15) is 11.3 Å². The SMILES string of the molecule is N#Cc1cc(CNc2cc(Cl)cc(Cl)c2)ccn1. The number of nitriles is 1. The maximum atomic E-state index is 8.75. The molecule has 3 nitrogen and oxygen atoms in total. The standard InChI is InChI=1S/C13H9Cl2N3/c14-10-4-11(15)6-12(5-10)18-8-9-1-2-17-13(3-9)7-16/h1-6,18H,8H2. The summed E-state index contributed by atoms with van der Waals surface area (Å²) in [5.74, 6) is 0. The molecule has 1 aromatic heterocycles. The monoisotopic (exact) mass is 277 g/mol. The molecular formula is C13H9Cl2N3. The zero-order valence-corrected chi connectivity index (χ0v) is 10.8. The fourth-order valence-electron chi connectivity index (χ4n) is 1.51. The number of halogens is 2. The Bertz CT molecular complexity index is 585. The second kappa shape index (κ2) is 5.72. The minimum Gasteiger partial charge on any atom is -0.381 e. The zero-order valence-electron chi connectivity index (χ0n) is 9.32. The van der Waals surface area contributed by atoms with E-state index in [1.165, 1.54) is 0 Å². The van der Waals surface area contributed by atoms with E-state index in [2.05, 4.69) is 10.3 Å². The summed E-state index contributed by atoms with van der Waals surface area (Å²) in [6.07, 6.45) is 1.61. The van der Waals surface area contributed by atoms with Crippen molar-refractivity contribution in [2.75, 3.05) is 5.32 Å². The number of pyridine rings is 1.